The van der Waals surface area contributed by atoms with Crippen LogP contribution in [0, 0.1) is 0 Å². The highest BCUT2D eigenvalue weighted by atomic mass is 16.3. The lowest BCUT2D eigenvalue weighted by Gasteiger charge is -2.14. The maximum atomic E-state index is 8.91. The van der Waals surface area contributed by atoms with Gasteiger partial charge in [0.05, 0.1) is 6.10 Å². The highest BCUT2D eigenvalue weighted by Crippen LogP contribution is 2.16. The third kappa shape index (κ3) is 4.87. The first kappa shape index (κ1) is 11.1. The van der Waals surface area contributed by atoms with E-state index in [1.54, 1.807) is 24.3 Å². The smallest absolute Gasteiger partial charge is 0.115 e. The topological polar surface area (TPSA) is 40.5 Å². The Hall–Kier alpha value is -1.02. The highest BCUT2D eigenvalue weighted by Gasteiger charge is 2.07. The van der Waals surface area contributed by atoms with Crippen molar-refractivity contribution in [1.82, 2.24) is 0 Å². The molecule has 1 aromatic carbocycles. The van der Waals surface area contributed by atoms with E-state index in [0.717, 1.165) is 12.8 Å². The normalized spacial score (nSPS) is 16.9. The van der Waals surface area contributed by atoms with Gasteiger partial charge in [0.2, 0.25) is 0 Å². The molecule has 0 aromatic heterocycles. The van der Waals surface area contributed by atoms with E-state index in [-0.39, 0.29) is 6.10 Å². The summed E-state index contributed by atoms with van der Waals surface area (Å²) in [6.45, 7) is 0. The van der Waals surface area contributed by atoms with Gasteiger partial charge in [-0.2, -0.15) is 0 Å². The number of aliphatic hydroxyl groups is 1. The minimum Gasteiger partial charge on any atom is -0.508 e. The average Bonchev–Trinajstić information content (AvgIpc) is 2.21. The molecule has 0 atom stereocenters. The highest BCUT2D eigenvalue weighted by molar-refractivity contribution is 5.18. The summed E-state index contributed by atoms with van der Waals surface area (Å²) < 4.78 is 0. The summed E-state index contributed by atoms with van der Waals surface area (Å²) in [7, 11) is 0. The number of aromatic hydroxyl groups is 1. The van der Waals surface area contributed by atoms with Gasteiger partial charge in [0.25, 0.3) is 0 Å². The van der Waals surface area contributed by atoms with Crippen LogP contribution in [0.25, 0.3) is 0 Å². The Morgan fingerprint density at radius 2 is 1.50 bits per heavy atom. The maximum Gasteiger partial charge on any atom is 0.115 e. The molecule has 1 aromatic rings. The summed E-state index contributed by atoms with van der Waals surface area (Å²) in [5.74, 6) is 0.322. The van der Waals surface area contributed by atoms with Gasteiger partial charge in [-0.3, -0.25) is 0 Å². The Bertz CT molecular complexity index is 227. The number of para-hydroxylation sites is 1. The fraction of sp³-hybridized carbons (Fsp3) is 0.500. The van der Waals surface area contributed by atoms with Crippen LogP contribution in [0.1, 0.15) is 32.1 Å². The number of benzene rings is 1. The molecular formula is C12H18O2. The Kier molecular flexibility index (Phi) is 5.08. The van der Waals surface area contributed by atoms with E-state index in [1.165, 1.54) is 19.3 Å². The number of phenolic OH excluding ortho intramolecular Hbond substituents is 1. The summed E-state index contributed by atoms with van der Waals surface area (Å²) in [5, 5.41) is 17.5. The zero-order chi connectivity index (χ0) is 10.2. The lowest BCUT2D eigenvalue weighted by atomic mass is 9.98. The predicted octanol–water partition coefficient (Wildman–Crippen LogP) is 2.70. The van der Waals surface area contributed by atoms with E-state index < -0.39 is 0 Å². The molecule has 2 N–H and O–H groups in total. The van der Waals surface area contributed by atoms with Gasteiger partial charge >= 0.3 is 0 Å². The zero-order valence-corrected chi connectivity index (χ0v) is 8.39. The number of rotatable bonds is 0. The van der Waals surface area contributed by atoms with E-state index in [9.17, 15) is 0 Å². The van der Waals surface area contributed by atoms with Crippen LogP contribution in [0.5, 0.6) is 5.75 Å². The van der Waals surface area contributed by atoms with Gasteiger partial charge in [0, 0.05) is 0 Å². The van der Waals surface area contributed by atoms with Crippen LogP contribution >= 0.6 is 0 Å². The molecule has 0 heterocycles. The predicted molar refractivity (Wildman–Crippen MR) is 57.2 cm³/mol. The quantitative estimate of drug-likeness (QED) is 0.666. The molecule has 1 aliphatic carbocycles. The Balaban J connectivity index is 0.000000140. The molecule has 0 saturated heterocycles. The van der Waals surface area contributed by atoms with E-state index in [0.29, 0.717) is 5.75 Å². The molecule has 78 valence electrons. The number of phenols is 1. The van der Waals surface area contributed by atoms with Crippen LogP contribution in [0.4, 0.5) is 0 Å². The van der Waals surface area contributed by atoms with Gasteiger partial charge in [-0.15, -0.1) is 0 Å². The second-order valence-electron chi connectivity index (χ2n) is 3.63. The van der Waals surface area contributed by atoms with Gasteiger partial charge in [-0.1, -0.05) is 37.5 Å². The number of hydrogen-bond acceptors (Lipinski definition) is 2. The first-order chi connectivity index (χ1) is 6.79. The second kappa shape index (κ2) is 6.44. The van der Waals surface area contributed by atoms with Crippen LogP contribution in [0.2, 0.25) is 0 Å². The fourth-order valence-electron chi connectivity index (χ4n) is 1.51. The van der Waals surface area contributed by atoms with E-state index in [4.69, 9.17) is 10.2 Å². The molecule has 0 unspecified atom stereocenters. The zero-order valence-electron chi connectivity index (χ0n) is 8.39. The van der Waals surface area contributed by atoms with Gasteiger partial charge in [-0.25, -0.2) is 0 Å². The summed E-state index contributed by atoms with van der Waals surface area (Å²) in [4.78, 5) is 0. The monoisotopic (exact) mass is 194 g/mol. The number of hydrogen-bond donors (Lipinski definition) is 2. The maximum absolute atomic E-state index is 8.91. The molecule has 2 rings (SSSR count). The lowest BCUT2D eigenvalue weighted by Crippen LogP contribution is -2.09. The van der Waals surface area contributed by atoms with Crippen molar-refractivity contribution < 1.29 is 10.2 Å². The SMILES string of the molecule is OC1CCCCC1.Oc1ccccc1. The van der Waals surface area contributed by atoms with E-state index in [2.05, 4.69) is 0 Å². The standard InChI is InChI=1S/C6H12O.C6H6O/c2*7-6-4-2-1-3-5-6/h6-7H,1-5H2;1-5,7H. The Morgan fingerprint density at radius 3 is 1.79 bits per heavy atom. The van der Waals surface area contributed by atoms with Gasteiger partial charge in [0.1, 0.15) is 5.75 Å². The largest absolute Gasteiger partial charge is 0.508 e. The molecule has 2 heteroatoms. The average molecular weight is 194 g/mol. The summed E-state index contributed by atoms with van der Waals surface area (Å²) >= 11 is 0. The Labute approximate surface area is 85.2 Å². The van der Waals surface area contributed by atoms with Crippen LogP contribution < -0.4 is 0 Å². The third-order valence-electron chi connectivity index (χ3n) is 2.33. The molecule has 0 spiro atoms. The minimum absolute atomic E-state index is 0.0359. The van der Waals surface area contributed by atoms with Crippen molar-refractivity contribution in [2.45, 2.75) is 38.2 Å². The molecule has 0 radical (unpaired) electrons. The van der Waals surface area contributed by atoms with E-state index in [1.807, 2.05) is 6.07 Å². The van der Waals surface area contributed by atoms with Gasteiger partial charge < -0.3 is 10.2 Å². The molecule has 1 saturated carbocycles. The molecule has 0 bridgehead atoms. The van der Waals surface area contributed by atoms with Crippen molar-refractivity contribution in [1.29, 1.82) is 0 Å². The molecule has 0 amide bonds. The first-order valence-corrected chi connectivity index (χ1v) is 5.21. The molecule has 2 nitrogen and oxygen atoms in total. The van der Waals surface area contributed by atoms with Crippen molar-refractivity contribution >= 4 is 0 Å². The lowest BCUT2D eigenvalue weighted by molar-refractivity contribution is 0.130. The molecule has 1 fully saturated rings. The molecule has 14 heavy (non-hydrogen) atoms. The van der Waals surface area contributed by atoms with Gasteiger partial charge in [0.15, 0.2) is 0 Å². The van der Waals surface area contributed by atoms with Crippen LogP contribution in [0.15, 0.2) is 30.3 Å². The van der Waals surface area contributed by atoms with Crippen LogP contribution in [-0.2, 0) is 0 Å². The van der Waals surface area contributed by atoms with Crippen molar-refractivity contribution in [3.8, 4) is 5.75 Å². The summed E-state index contributed by atoms with van der Waals surface area (Å²) in [5.41, 5.74) is 0. The summed E-state index contributed by atoms with van der Waals surface area (Å²) in [6, 6.07) is 8.71. The number of aliphatic hydroxyl groups excluding tert-OH is 1. The van der Waals surface area contributed by atoms with Crippen molar-refractivity contribution in [3.05, 3.63) is 30.3 Å². The van der Waals surface area contributed by atoms with Gasteiger partial charge in [-0.05, 0) is 25.0 Å². The van der Waals surface area contributed by atoms with E-state index >= 15 is 0 Å². The van der Waals surface area contributed by atoms with Crippen molar-refractivity contribution in [2.75, 3.05) is 0 Å². The minimum atomic E-state index is 0.0359. The third-order valence-corrected chi connectivity index (χ3v) is 2.33. The second-order valence-corrected chi connectivity index (χ2v) is 3.63. The first-order valence-electron chi connectivity index (χ1n) is 5.21. The van der Waals surface area contributed by atoms with Crippen LogP contribution in [-0.4, -0.2) is 16.3 Å². The van der Waals surface area contributed by atoms with Crippen molar-refractivity contribution in [2.24, 2.45) is 0 Å². The van der Waals surface area contributed by atoms with Crippen molar-refractivity contribution in [3.63, 3.8) is 0 Å². The fourth-order valence-corrected chi connectivity index (χ4v) is 1.51. The molecule has 1 aliphatic rings. The Morgan fingerprint density at radius 1 is 0.929 bits per heavy atom. The molecular weight excluding hydrogens is 176 g/mol. The van der Waals surface area contributed by atoms with Crippen LogP contribution in [0.3, 0.4) is 0 Å². The summed E-state index contributed by atoms with van der Waals surface area (Å²) in [6.07, 6.45) is 5.92. The molecule has 0 aliphatic heterocycles.